The van der Waals surface area contributed by atoms with E-state index in [1.54, 1.807) is 0 Å². The van der Waals surface area contributed by atoms with Crippen molar-refractivity contribution in [3.63, 3.8) is 0 Å². The summed E-state index contributed by atoms with van der Waals surface area (Å²) in [6.07, 6.45) is 7.75. The minimum Gasteiger partial charge on any atom is -0.294 e. The third-order valence-electron chi connectivity index (χ3n) is 5.59. The van der Waals surface area contributed by atoms with Gasteiger partial charge in [0.05, 0.1) is 11.6 Å². The lowest BCUT2D eigenvalue weighted by atomic mass is 9.94. The predicted molar refractivity (Wildman–Crippen MR) is 94.0 cm³/mol. The number of fused-ring (bicyclic) bond motifs is 3. The SMILES string of the molecule is CCCCCN1CCc2c3n(c4ccccc24)C(=O)CCCC31. The molecule has 23 heavy (non-hydrogen) atoms. The van der Waals surface area contributed by atoms with E-state index in [1.807, 2.05) is 0 Å². The molecule has 2 aromatic rings. The number of rotatable bonds is 4. The quantitative estimate of drug-likeness (QED) is 0.774. The van der Waals surface area contributed by atoms with Gasteiger partial charge in [-0.25, -0.2) is 0 Å². The van der Waals surface area contributed by atoms with E-state index >= 15 is 0 Å². The molecular formula is C20H26N2O. The summed E-state index contributed by atoms with van der Waals surface area (Å²) < 4.78 is 2.06. The van der Waals surface area contributed by atoms with Crippen LogP contribution in [0.15, 0.2) is 24.3 Å². The van der Waals surface area contributed by atoms with Crippen LogP contribution in [0.3, 0.4) is 0 Å². The van der Waals surface area contributed by atoms with Crippen LogP contribution in [0.5, 0.6) is 0 Å². The van der Waals surface area contributed by atoms with Gasteiger partial charge in [-0.2, -0.15) is 0 Å². The van der Waals surface area contributed by atoms with E-state index in [9.17, 15) is 4.79 Å². The number of carbonyl (C=O) groups is 1. The van der Waals surface area contributed by atoms with E-state index in [2.05, 4.69) is 40.7 Å². The molecule has 3 heteroatoms. The minimum atomic E-state index is 0.292. The van der Waals surface area contributed by atoms with Crippen molar-refractivity contribution in [2.45, 2.75) is 57.9 Å². The molecule has 0 saturated carbocycles. The van der Waals surface area contributed by atoms with E-state index in [1.165, 1.54) is 42.5 Å². The first-order chi connectivity index (χ1) is 11.3. The maximum absolute atomic E-state index is 12.7. The van der Waals surface area contributed by atoms with Gasteiger partial charge >= 0.3 is 0 Å². The van der Waals surface area contributed by atoms with Crippen molar-refractivity contribution in [3.05, 3.63) is 35.5 Å². The summed E-state index contributed by atoms with van der Waals surface area (Å²) in [6.45, 7) is 4.58. The minimum absolute atomic E-state index is 0.292. The molecule has 1 atom stereocenters. The maximum atomic E-state index is 12.7. The fourth-order valence-corrected chi connectivity index (χ4v) is 4.50. The maximum Gasteiger partial charge on any atom is 0.231 e. The van der Waals surface area contributed by atoms with Crippen LogP contribution in [0.25, 0.3) is 10.9 Å². The van der Waals surface area contributed by atoms with E-state index in [4.69, 9.17) is 0 Å². The molecule has 0 N–H and O–H groups in total. The van der Waals surface area contributed by atoms with E-state index < -0.39 is 0 Å². The summed E-state index contributed by atoms with van der Waals surface area (Å²) in [7, 11) is 0. The zero-order valence-electron chi connectivity index (χ0n) is 14.1. The van der Waals surface area contributed by atoms with Crippen LogP contribution in [0.2, 0.25) is 0 Å². The Morgan fingerprint density at radius 3 is 2.91 bits per heavy atom. The second-order valence-electron chi connectivity index (χ2n) is 7.01. The van der Waals surface area contributed by atoms with Crippen LogP contribution in [-0.2, 0) is 6.42 Å². The van der Waals surface area contributed by atoms with Gasteiger partial charge in [0.25, 0.3) is 0 Å². The van der Waals surface area contributed by atoms with Crippen molar-refractivity contribution in [1.29, 1.82) is 0 Å². The number of benzene rings is 1. The molecule has 0 radical (unpaired) electrons. The van der Waals surface area contributed by atoms with Crippen LogP contribution >= 0.6 is 0 Å². The molecule has 122 valence electrons. The average molecular weight is 310 g/mol. The second kappa shape index (κ2) is 6.12. The van der Waals surface area contributed by atoms with Crippen LogP contribution in [0, 0.1) is 0 Å². The van der Waals surface area contributed by atoms with Gasteiger partial charge in [-0.15, -0.1) is 0 Å². The first-order valence-corrected chi connectivity index (χ1v) is 9.20. The third kappa shape index (κ3) is 2.42. The molecular weight excluding hydrogens is 284 g/mol. The smallest absolute Gasteiger partial charge is 0.231 e. The Kier molecular flexibility index (Phi) is 3.98. The molecule has 2 aliphatic rings. The van der Waals surface area contributed by atoms with Gasteiger partial charge in [-0.05, 0) is 43.9 Å². The largest absolute Gasteiger partial charge is 0.294 e. The molecule has 3 heterocycles. The van der Waals surface area contributed by atoms with Crippen molar-refractivity contribution >= 4 is 16.8 Å². The normalized spacial score (nSPS) is 21.4. The first kappa shape index (κ1) is 14.9. The summed E-state index contributed by atoms with van der Waals surface area (Å²) in [4.78, 5) is 15.4. The van der Waals surface area contributed by atoms with Gasteiger partial charge in [0, 0.05) is 24.0 Å². The molecule has 2 aliphatic heterocycles. The monoisotopic (exact) mass is 310 g/mol. The van der Waals surface area contributed by atoms with Crippen LogP contribution in [0.4, 0.5) is 0 Å². The lowest BCUT2D eigenvalue weighted by Crippen LogP contribution is -2.37. The Balaban J connectivity index is 1.80. The Hall–Kier alpha value is -1.61. The first-order valence-electron chi connectivity index (χ1n) is 9.20. The van der Waals surface area contributed by atoms with Crippen molar-refractivity contribution in [3.8, 4) is 0 Å². The van der Waals surface area contributed by atoms with E-state index in [0.717, 1.165) is 31.3 Å². The van der Waals surface area contributed by atoms with Crippen molar-refractivity contribution in [2.24, 2.45) is 0 Å². The van der Waals surface area contributed by atoms with Crippen molar-refractivity contribution in [2.75, 3.05) is 13.1 Å². The van der Waals surface area contributed by atoms with Crippen molar-refractivity contribution in [1.82, 2.24) is 9.47 Å². The molecule has 1 aromatic carbocycles. The van der Waals surface area contributed by atoms with Gasteiger partial charge in [0.15, 0.2) is 0 Å². The highest BCUT2D eigenvalue weighted by atomic mass is 16.2. The second-order valence-corrected chi connectivity index (χ2v) is 7.01. The van der Waals surface area contributed by atoms with Crippen LogP contribution < -0.4 is 0 Å². The van der Waals surface area contributed by atoms with Crippen LogP contribution in [-0.4, -0.2) is 28.5 Å². The van der Waals surface area contributed by atoms with Gasteiger partial charge < -0.3 is 0 Å². The van der Waals surface area contributed by atoms with E-state index in [-0.39, 0.29) is 0 Å². The molecule has 3 nitrogen and oxygen atoms in total. The predicted octanol–water partition coefficient (Wildman–Crippen LogP) is 4.55. The molecule has 4 rings (SSSR count). The number of unbranched alkanes of at least 4 members (excludes halogenated alkanes) is 2. The Bertz CT molecular complexity index is 731. The fourth-order valence-electron chi connectivity index (χ4n) is 4.50. The van der Waals surface area contributed by atoms with Crippen molar-refractivity contribution < 1.29 is 4.79 Å². The summed E-state index contributed by atoms with van der Waals surface area (Å²) in [5.41, 5.74) is 3.88. The van der Waals surface area contributed by atoms with Gasteiger partial charge in [0.2, 0.25) is 5.91 Å². The highest BCUT2D eigenvalue weighted by molar-refractivity contribution is 5.96. The van der Waals surface area contributed by atoms with Crippen LogP contribution in [0.1, 0.15) is 67.5 Å². The molecule has 1 unspecified atom stereocenters. The number of aromatic nitrogens is 1. The molecule has 1 aromatic heterocycles. The standard InChI is InChI=1S/C20H26N2O/c1-2-3-6-13-21-14-12-16-15-8-4-5-9-17(15)22-19(23)11-7-10-18(21)20(16)22/h4-5,8-9,18H,2-3,6-7,10-14H2,1H3. The highest BCUT2D eigenvalue weighted by Gasteiger charge is 2.35. The topological polar surface area (TPSA) is 25.2 Å². The number of hydrogen-bond acceptors (Lipinski definition) is 2. The number of nitrogens with zero attached hydrogens (tertiary/aromatic N) is 2. The lowest BCUT2D eigenvalue weighted by Gasteiger charge is -2.36. The molecule has 0 saturated heterocycles. The third-order valence-corrected chi connectivity index (χ3v) is 5.59. The molecule has 0 bridgehead atoms. The number of para-hydroxylation sites is 1. The van der Waals surface area contributed by atoms with E-state index in [0.29, 0.717) is 18.4 Å². The lowest BCUT2D eigenvalue weighted by molar-refractivity contribution is 0.0906. The molecule has 0 spiro atoms. The Labute approximate surface area is 138 Å². The number of hydrogen-bond donors (Lipinski definition) is 0. The molecule has 0 fully saturated rings. The Morgan fingerprint density at radius 1 is 1.17 bits per heavy atom. The van der Waals surface area contributed by atoms with Gasteiger partial charge in [0.1, 0.15) is 0 Å². The Morgan fingerprint density at radius 2 is 2.04 bits per heavy atom. The zero-order chi connectivity index (χ0) is 15.8. The summed E-state index contributed by atoms with van der Waals surface area (Å²) in [5.74, 6) is 0.292. The molecule has 0 aliphatic carbocycles. The van der Waals surface area contributed by atoms with Gasteiger partial charge in [-0.3, -0.25) is 14.3 Å². The average Bonchev–Trinajstić information content (AvgIpc) is 2.80. The highest BCUT2D eigenvalue weighted by Crippen LogP contribution is 2.41. The summed E-state index contributed by atoms with van der Waals surface area (Å²) in [6, 6.07) is 8.92. The number of carbonyl (C=O) groups excluding carboxylic acids is 1. The molecule has 0 amide bonds. The van der Waals surface area contributed by atoms with Gasteiger partial charge in [-0.1, -0.05) is 38.0 Å². The summed E-state index contributed by atoms with van der Waals surface area (Å²) >= 11 is 0. The fraction of sp³-hybridized carbons (Fsp3) is 0.550. The zero-order valence-corrected chi connectivity index (χ0v) is 14.1. The summed E-state index contributed by atoms with van der Waals surface area (Å²) in [5, 5.41) is 1.30.